The van der Waals surface area contributed by atoms with Crippen LogP contribution in [0.2, 0.25) is 0 Å². The number of fused-ring (bicyclic) bond motifs is 4. The van der Waals surface area contributed by atoms with Crippen LogP contribution in [0, 0.1) is 37.1 Å². The van der Waals surface area contributed by atoms with Crippen molar-refractivity contribution in [1.29, 1.82) is 0 Å². The van der Waals surface area contributed by atoms with Gasteiger partial charge in [0.1, 0.15) is 45.7 Å². The molecule has 472 valence electrons. The highest BCUT2D eigenvalue weighted by atomic mass is 31.2. The lowest BCUT2D eigenvalue weighted by Gasteiger charge is -2.31. The quantitative estimate of drug-likeness (QED) is 0.0345. The van der Waals surface area contributed by atoms with E-state index in [-0.39, 0.29) is 46.4 Å². The Bertz CT molecular complexity index is 3760. The summed E-state index contributed by atoms with van der Waals surface area (Å²) in [5, 5.41) is 9.35. The minimum absolute atomic E-state index is 0.0144. The predicted molar refractivity (Wildman–Crippen MR) is 331 cm³/mol. The van der Waals surface area contributed by atoms with Gasteiger partial charge in [0.15, 0.2) is 23.3 Å². The Morgan fingerprint density at radius 3 is 1.48 bits per heavy atom. The molecule has 3 N–H and O–H groups in total. The average molecular weight is 1240 g/mol. The normalized spacial score (nSPS) is 13.5. The summed E-state index contributed by atoms with van der Waals surface area (Å²) < 4.78 is 98.0. The average Bonchev–Trinajstić information content (AvgIpc) is 1.74. The highest BCUT2D eigenvalue weighted by Gasteiger charge is 2.31. The third-order valence-corrected chi connectivity index (χ3v) is 16.8. The van der Waals surface area contributed by atoms with Gasteiger partial charge in [-0.05, 0) is 131 Å². The molecule has 22 nitrogen and oxygen atoms in total. The lowest BCUT2D eigenvalue weighted by molar-refractivity contribution is 0.0630. The van der Waals surface area contributed by atoms with Crippen LogP contribution in [-0.4, -0.2) is 149 Å². The molecule has 0 radical (unpaired) electrons. The molecule has 8 heterocycles. The smallest absolute Gasteiger partial charge is 0.435 e. The first-order valence-electron chi connectivity index (χ1n) is 29.6. The molecule has 0 saturated carbocycles. The number of imidazole rings is 2. The minimum Gasteiger partial charge on any atom is -0.435 e. The summed E-state index contributed by atoms with van der Waals surface area (Å²) in [6.45, 7) is 26.5. The number of hydrogen-bond acceptors (Lipinski definition) is 19. The molecule has 2 aromatic carbocycles. The standard InChI is InChI=1S/C30H39F2N8O3P.C26H30F2N8.C5H10O3/c1-7-42-44(41,43-8-2)38(6)13-14-39-12-11-25-21(18-39)9-10-27(35-25)36-30-33-17-24(32)28(37-30)22-15-23(31)29-26(16-22)40(19(3)4)20(5)34-29;1-15(2)36-16(3)31-25-19(27)11-18(12-22(25)36)24-20(28)13-30-26(34-24)33-23-6-5-17-14-35(10-8-29-4)9-7-21(17)32-23;1-3-7-5(6)8-4-2/h9-10,15-17,19H,7-8,11-14,18H2,1-6H3,(H,33,35,36,37);5-6,11-13,15,29H,7-10,14H2,1-4H3,(H,30,32,33,34);3-4H2,1-2H3. The third kappa shape index (κ3) is 16.0. The summed E-state index contributed by atoms with van der Waals surface area (Å²) in [6.07, 6.45) is 3.15. The molecule has 0 saturated heterocycles. The van der Waals surface area contributed by atoms with Crippen molar-refractivity contribution in [2.24, 2.45) is 0 Å². The Hall–Kier alpha value is -7.58. The van der Waals surface area contributed by atoms with Crippen LogP contribution in [0.4, 0.5) is 45.9 Å². The monoisotopic (exact) mass is 1240 g/mol. The molecular weight excluding hydrogens is 1160 g/mol. The molecule has 2 aliphatic rings. The van der Waals surface area contributed by atoms with E-state index < -0.39 is 37.2 Å². The fourth-order valence-corrected chi connectivity index (χ4v) is 12.0. The molecular formula is C61H79F4N16O6P. The molecule has 0 aliphatic carbocycles. The van der Waals surface area contributed by atoms with Gasteiger partial charge in [0.05, 0.1) is 49.9 Å². The van der Waals surface area contributed by atoms with Gasteiger partial charge < -0.3 is 34.6 Å². The van der Waals surface area contributed by atoms with Crippen LogP contribution in [-0.2, 0) is 49.0 Å². The molecule has 8 aromatic rings. The van der Waals surface area contributed by atoms with E-state index in [2.05, 4.69) is 71.2 Å². The molecule has 2 aliphatic heterocycles. The zero-order valence-corrected chi connectivity index (χ0v) is 52.9. The van der Waals surface area contributed by atoms with Crippen LogP contribution < -0.4 is 16.0 Å². The van der Waals surface area contributed by atoms with E-state index in [4.69, 9.17) is 19.0 Å². The van der Waals surface area contributed by atoms with Crippen molar-refractivity contribution < 1.29 is 45.4 Å². The lowest BCUT2D eigenvalue weighted by atomic mass is 10.1. The largest absolute Gasteiger partial charge is 0.508 e. The van der Waals surface area contributed by atoms with E-state index in [0.29, 0.717) is 91.5 Å². The Morgan fingerprint density at radius 1 is 0.625 bits per heavy atom. The number of carbonyl (C=O) groups is 1. The summed E-state index contributed by atoms with van der Waals surface area (Å²) in [6, 6.07) is 13.8. The minimum atomic E-state index is -3.30. The summed E-state index contributed by atoms with van der Waals surface area (Å²) in [4.78, 5) is 50.0. The predicted octanol–water partition coefficient (Wildman–Crippen LogP) is 11.8. The third-order valence-electron chi connectivity index (χ3n) is 14.6. The molecule has 0 bridgehead atoms. The first-order valence-corrected chi connectivity index (χ1v) is 31.1. The molecule has 0 fully saturated rings. The van der Waals surface area contributed by atoms with E-state index in [1.807, 2.05) is 75.9 Å². The second kappa shape index (κ2) is 30.1. The number of nitrogens with zero attached hydrogens (tertiary/aromatic N) is 13. The molecule has 0 amide bonds. The van der Waals surface area contributed by atoms with Crippen LogP contribution in [0.1, 0.15) is 102 Å². The van der Waals surface area contributed by atoms with E-state index in [1.165, 1.54) is 17.7 Å². The second-order valence-corrected chi connectivity index (χ2v) is 23.6. The number of nitrogens with one attached hydrogen (secondary N) is 3. The molecule has 27 heteroatoms. The SMILES string of the molecule is CCOC(=O)OCC.CCOP(=O)(OCC)N(C)CCN1CCc2nc(Nc3ncc(F)c(-c4cc(F)c5nc(C)n(C(C)C)c5c4)n3)ccc2C1.CNCCN1CCc2nc(Nc3ncc(F)c(-c4cc(F)c5nc(C)n(C(C)C)c5c4)n3)ccc2C1. The van der Waals surface area contributed by atoms with Crippen molar-refractivity contribution in [3.05, 3.63) is 118 Å². The van der Waals surface area contributed by atoms with E-state index in [9.17, 15) is 22.5 Å². The summed E-state index contributed by atoms with van der Waals surface area (Å²) in [5.74, 6) is 0.487. The number of halogens is 4. The topological polar surface area (TPSA) is 230 Å². The molecule has 0 spiro atoms. The van der Waals surface area contributed by atoms with Crippen LogP contribution in [0.25, 0.3) is 44.6 Å². The number of rotatable bonds is 21. The van der Waals surface area contributed by atoms with Gasteiger partial charge in [-0.1, -0.05) is 12.1 Å². The fraction of sp³-hybridized carbons (Fsp3) is 0.459. The van der Waals surface area contributed by atoms with Crippen molar-refractivity contribution in [3.63, 3.8) is 0 Å². The van der Waals surface area contributed by atoms with Gasteiger partial charge in [-0.3, -0.25) is 18.8 Å². The van der Waals surface area contributed by atoms with E-state index in [1.54, 1.807) is 51.5 Å². The van der Waals surface area contributed by atoms with Crippen LogP contribution >= 0.6 is 7.75 Å². The van der Waals surface area contributed by atoms with Gasteiger partial charge in [-0.2, -0.15) is 0 Å². The first-order chi connectivity index (χ1) is 42.2. The lowest BCUT2D eigenvalue weighted by Crippen LogP contribution is -2.36. The number of pyridine rings is 2. The van der Waals surface area contributed by atoms with Gasteiger partial charge in [0.25, 0.3) is 0 Å². The van der Waals surface area contributed by atoms with Crippen LogP contribution in [0.3, 0.4) is 0 Å². The van der Waals surface area contributed by atoms with Crippen molar-refractivity contribution in [2.75, 3.05) is 90.4 Å². The number of aromatic nitrogens is 10. The number of benzene rings is 2. The number of ether oxygens (including phenoxy) is 2. The highest BCUT2D eigenvalue weighted by Crippen LogP contribution is 2.50. The Kier molecular flexibility index (Phi) is 22.7. The van der Waals surface area contributed by atoms with Gasteiger partial charge >= 0.3 is 13.9 Å². The maximum Gasteiger partial charge on any atom is 0.508 e. The molecule has 6 aromatic heterocycles. The second-order valence-electron chi connectivity index (χ2n) is 21.5. The van der Waals surface area contributed by atoms with E-state index >= 15 is 4.39 Å². The summed E-state index contributed by atoms with van der Waals surface area (Å²) in [7, 11) is 0.407. The van der Waals surface area contributed by atoms with Crippen LogP contribution in [0.5, 0.6) is 0 Å². The number of carbonyl (C=O) groups excluding carboxylic acids is 1. The zero-order valence-electron chi connectivity index (χ0n) is 52.1. The van der Waals surface area contributed by atoms with Gasteiger partial charge in [0.2, 0.25) is 11.9 Å². The molecule has 10 rings (SSSR count). The van der Waals surface area contributed by atoms with E-state index in [0.717, 1.165) is 74.9 Å². The van der Waals surface area contributed by atoms with Crippen molar-refractivity contribution >= 4 is 59.5 Å². The Balaban J connectivity index is 0.000000206. The maximum absolute atomic E-state index is 15.1. The zero-order chi connectivity index (χ0) is 63.4. The number of aryl methyl sites for hydroxylation is 2. The molecule has 0 atom stereocenters. The number of likely N-dealkylation sites (N-methyl/N-ethyl adjacent to an activating group) is 2. The van der Waals surface area contributed by atoms with Crippen LogP contribution in [0.15, 0.2) is 60.9 Å². The summed E-state index contributed by atoms with van der Waals surface area (Å²) >= 11 is 0. The Labute approximate surface area is 510 Å². The number of hydrogen-bond donors (Lipinski definition) is 3. The van der Waals surface area contributed by atoms with Gasteiger partial charge in [-0.25, -0.2) is 71.5 Å². The molecule has 88 heavy (non-hydrogen) atoms. The highest BCUT2D eigenvalue weighted by molar-refractivity contribution is 7.51. The van der Waals surface area contributed by atoms with Crippen molar-refractivity contribution in [2.45, 2.75) is 107 Å². The summed E-state index contributed by atoms with van der Waals surface area (Å²) in [5.41, 5.74) is 6.57. The van der Waals surface area contributed by atoms with Gasteiger partial charge in [0, 0.05) is 99.8 Å². The Morgan fingerprint density at radius 2 is 1.07 bits per heavy atom. The van der Waals surface area contributed by atoms with Gasteiger partial charge in [-0.15, -0.1) is 0 Å². The maximum atomic E-state index is 15.1. The molecule has 0 unspecified atom stereocenters. The first kappa shape index (κ1) is 66.4. The van der Waals surface area contributed by atoms with Crippen molar-refractivity contribution in [3.8, 4) is 22.5 Å². The number of anilines is 4. The van der Waals surface area contributed by atoms with Crippen molar-refractivity contribution in [1.82, 2.24) is 68.8 Å². The fourth-order valence-electron chi connectivity index (χ4n) is 10.6.